The topological polar surface area (TPSA) is 46.3 Å². The Hall–Kier alpha value is -1.31. The second kappa shape index (κ2) is 6.03. The van der Waals surface area contributed by atoms with E-state index in [0.29, 0.717) is 6.54 Å². The van der Waals surface area contributed by atoms with Gasteiger partial charge in [0.05, 0.1) is 18.0 Å². The van der Waals surface area contributed by atoms with E-state index in [-0.39, 0.29) is 11.8 Å². The Bertz CT molecular complexity index is 483. The van der Waals surface area contributed by atoms with E-state index in [4.69, 9.17) is 5.73 Å². The van der Waals surface area contributed by atoms with Gasteiger partial charge in [0.2, 0.25) is 5.91 Å². The van der Waals surface area contributed by atoms with E-state index in [1.807, 2.05) is 17.9 Å². The number of carbonyl (C=O) groups excluding carboxylic acids is 1. The minimum Gasteiger partial charge on any atom is -0.337 e. The lowest BCUT2D eigenvalue weighted by molar-refractivity contribution is -0.138. The van der Waals surface area contributed by atoms with Gasteiger partial charge in [-0.25, -0.2) is 0 Å². The molecule has 1 aliphatic heterocycles. The summed E-state index contributed by atoms with van der Waals surface area (Å²) >= 11 is 1.65. The number of nitrogens with two attached hydrogens (primary N) is 1. The third-order valence-electron chi connectivity index (χ3n) is 3.12. The second-order valence-corrected chi connectivity index (χ2v) is 5.74. The van der Waals surface area contributed by atoms with Crippen molar-refractivity contribution in [1.82, 2.24) is 4.90 Å². The van der Waals surface area contributed by atoms with Gasteiger partial charge in [-0.1, -0.05) is 18.8 Å². The highest BCUT2D eigenvalue weighted by atomic mass is 32.1. The number of carbonyl (C=O) groups is 1. The van der Waals surface area contributed by atoms with Gasteiger partial charge in [-0.15, -0.1) is 11.3 Å². The Morgan fingerprint density at radius 3 is 3.17 bits per heavy atom. The molecule has 0 saturated carbocycles. The molecule has 1 fully saturated rings. The third kappa shape index (κ3) is 3.12. The van der Waals surface area contributed by atoms with E-state index in [2.05, 4.69) is 17.9 Å². The minimum absolute atomic E-state index is 0.176. The van der Waals surface area contributed by atoms with E-state index < -0.39 is 0 Å². The van der Waals surface area contributed by atoms with Crippen LogP contribution in [-0.4, -0.2) is 23.9 Å². The summed E-state index contributed by atoms with van der Waals surface area (Å²) in [4.78, 5) is 16.2. The van der Waals surface area contributed by atoms with Gasteiger partial charge in [0.25, 0.3) is 0 Å². The Labute approximate surface area is 112 Å². The van der Waals surface area contributed by atoms with Crippen LogP contribution in [0.5, 0.6) is 0 Å². The Balaban J connectivity index is 2.00. The second-order valence-electron chi connectivity index (χ2n) is 4.57. The van der Waals surface area contributed by atoms with Crippen molar-refractivity contribution in [2.45, 2.75) is 26.3 Å². The van der Waals surface area contributed by atoms with Gasteiger partial charge in [0, 0.05) is 17.3 Å². The molecular formula is C14H18N2OS. The smallest absolute Gasteiger partial charge is 0.225 e. The highest BCUT2D eigenvalue weighted by Gasteiger charge is 2.25. The molecule has 2 N–H and O–H groups in total. The number of amides is 1. The number of hydrogen-bond donors (Lipinski definition) is 1. The molecule has 18 heavy (non-hydrogen) atoms. The van der Waals surface area contributed by atoms with Gasteiger partial charge < -0.3 is 10.6 Å². The molecule has 0 spiro atoms. The van der Waals surface area contributed by atoms with E-state index in [1.165, 1.54) is 4.88 Å². The fraction of sp³-hybridized carbons (Fsp3) is 0.500. The highest BCUT2D eigenvalue weighted by Crippen LogP contribution is 2.22. The largest absolute Gasteiger partial charge is 0.337 e. The van der Waals surface area contributed by atoms with Crippen LogP contribution in [0, 0.1) is 17.8 Å². The molecule has 0 bridgehead atoms. The fourth-order valence-electron chi connectivity index (χ4n) is 2.15. The zero-order valence-electron chi connectivity index (χ0n) is 10.6. The first-order valence-electron chi connectivity index (χ1n) is 6.27. The predicted octanol–water partition coefficient (Wildman–Crippen LogP) is 1.82. The Morgan fingerprint density at radius 2 is 2.39 bits per heavy atom. The van der Waals surface area contributed by atoms with E-state index in [1.54, 1.807) is 11.3 Å². The van der Waals surface area contributed by atoms with E-state index in [9.17, 15) is 4.79 Å². The van der Waals surface area contributed by atoms with Crippen LogP contribution in [0.3, 0.4) is 0 Å². The monoisotopic (exact) mass is 262 g/mol. The zero-order valence-corrected chi connectivity index (χ0v) is 11.4. The molecule has 1 atom stereocenters. The number of thiophene rings is 1. The van der Waals surface area contributed by atoms with Crippen molar-refractivity contribution in [3.05, 3.63) is 21.9 Å². The maximum atomic E-state index is 12.0. The number of nitrogens with zero attached hydrogens (tertiary/aromatic N) is 1. The van der Waals surface area contributed by atoms with Crippen LogP contribution < -0.4 is 5.73 Å². The van der Waals surface area contributed by atoms with Gasteiger partial charge >= 0.3 is 0 Å². The molecule has 4 heteroatoms. The molecule has 1 aromatic heterocycles. The molecular weight excluding hydrogens is 244 g/mol. The fourth-order valence-corrected chi connectivity index (χ4v) is 3.05. The first kappa shape index (κ1) is 13.1. The van der Waals surface area contributed by atoms with Crippen molar-refractivity contribution in [2.24, 2.45) is 11.7 Å². The molecule has 1 unspecified atom stereocenters. The van der Waals surface area contributed by atoms with Crippen molar-refractivity contribution >= 4 is 17.2 Å². The number of likely N-dealkylation sites (tertiary alicyclic amines) is 1. The summed E-state index contributed by atoms with van der Waals surface area (Å²) in [7, 11) is 0. The van der Waals surface area contributed by atoms with Gasteiger partial charge in [-0.2, -0.15) is 0 Å². The molecule has 0 aliphatic carbocycles. The Kier molecular flexibility index (Phi) is 4.40. The van der Waals surface area contributed by atoms with Gasteiger partial charge in [0.15, 0.2) is 0 Å². The summed E-state index contributed by atoms with van der Waals surface area (Å²) in [6.45, 7) is 4.00. The maximum Gasteiger partial charge on any atom is 0.225 e. The molecule has 3 nitrogen and oxygen atoms in total. The summed E-state index contributed by atoms with van der Waals surface area (Å²) in [6, 6.07) is 4.05. The summed E-state index contributed by atoms with van der Waals surface area (Å²) in [5, 5.41) is 0. The molecule has 96 valence electrons. The molecule has 0 radical (unpaired) electrons. The summed E-state index contributed by atoms with van der Waals surface area (Å²) in [6.07, 6.45) is 2.13. The van der Waals surface area contributed by atoms with Crippen LogP contribution in [0.4, 0.5) is 0 Å². The van der Waals surface area contributed by atoms with Crippen LogP contribution >= 0.6 is 11.3 Å². The van der Waals surface area contributed by atoms with E-state index in [0.717, 1.165) is 30.8 Å². The number of piperidine rings is 1. The zero-order chi connectivity index (χ0) is 13.0. The van der Waals surface area contributed by atoms with Crippen molar-refractivity contribution in [1.29, 1.82) is 0 Å². The van der Waals surface area contributed by atoms with Gasteiger partial charge in [-0.3, -0.25) is 4.79 Å². The van der Waals surface area contributed by atoms with Crippen molar-refractivity contribution in [2.75, 3.05) is 13.1 Å². The summed E-state index contributed by atoms with van der Waals surface area (Å²) < 4.78 is 0. The van der Waals surface area contributed by atoms with Gasteiger partial charge in [0.1, 0.15) is 0 Å². The lowest BCUT2D eigenvalue weighted by Gasteiger charge is -2.30. The average Bonchev–Trinajstić information content (AvgIpc) is 2.80. The normalized spacial score (nSPS) is 19.6. The minimum atomic E-state index is 0.176. The molecule has 1 saturated heterocycles. The van der Waals surface area contributed by atoms with Crippen LogP contribution in [0.25, 0.3) is 0 Å². The molecule has 2 rings (SSSR count). The Morgan fingerprint density at radius 1 is 1.56 bits per heavy atom. The molecule has 1 aliphatic rings. The van der Waals surface area contributed by atoms with Crippen LogP contribution in [0.2, 0.25) is 0 Å². The maximum absolute atomic E-state index is 12.0. The number of hydrogen-bond acceptors (Lipinski definition) is 3. The first-order chi connectivity index (χ1) is 8.70. The third-order valence-corrected chi connectivity index (χ3v) is 4.11. The quantitative estimate of drug-likeness (QED) is 0.826. The SMILES string of the molecule is CC1CCCN(Cc2ccc(C#CCN)s2)C1=O. The van der Waals surface area contributed by atoms with Crippen LogP contribution in [0.1, 0.15) is 29.5 Å². The highest BCUT2D eigenvalue weighted by molar-refractivity contribution is 7.12. The van der Waals surface area contributed by atoms with Crippen LogP contribution in [0.15, 0.2) is 12.1 Å². The van der Waals surface area contributed by atoms with Crippen LogP contribution in [-0.2, 0) is 11.3 Å². The summed E-state index contributed by atoms with van der Waals surface area (Å²) in [5.74, 6) is 6.32. The molecule has 2 heterocycles. The molecule has 0 aromatic carbocycles. The predicted molar refractivity (Wildman–Crippen MR) is 74.1 cm³/mol. The number of rotatable bonds is 2. The molecule has 1 aromatic rings. The van der Waals surface area contributed by atoms with E-state index >= 15 is 0 Å². The summed E-state index contributed by atoms with van der Waals surface area (Å²) in [5.41, 5.74) is 5.34. The molecule has 1 amide bonds. The van der Waals surface area contributed by atoms with Crippen molar-refractivity contribution < 1.29 is 4.79 Å². The first-order valence-corrected chi connectivity index (χ1v) is 7.09. The van der Waals surface area contributed by atoms with Crippen molar-refractivity contribution in [3.8, 4) is 11.8 Å². The van der Waals surface area contributed by atoms with Gasteiger partial charge in [-0.05, 0) is 25.0 Å². The standard InChI is InChI=1S/C14H18N2OS/c1-11-4-3-9-16(14(11)17)10-13-7-6-12(18-13)5-2-8-15/h6-7,11H,3-4,8-10,15H2,1H3. The average molecular weight is 262 g/mol. The lowest BCUT2D eigenvalue weighted by atomic mass is 9.99. The van der Waals surface area contributed by atoms with Crippen molar-refractivity contribution in [3.63, 3.8) is 0 Å². The lowest BCUT2D eigenvalue weighted by Crippen LogP contribution is -2.39.